The van der Waals surface area contributed by atoms with E-state index in [9.17, 15) is 0 Å². The first-order valence-corrected chi connectivity index (χ1v) is 8.40. The highest BCUT2D eigenvalue weighted by atomic mass is 35.5. The molecule has 2 rings (SSSR count). The first-order valence-electron chi connectivity index (χ1n) is 7.65. The maximum absolute atomic E-state index is 6.04. The zero-order valence-corrected chi connectivity index (χ0v) is 14.0. The first-order chi connectivity index (χ1) is 9.49. The summed E-state index contributed by atoms with van der Waals surface area (Å²) in [5.74, 6) is 0.774. The van der Waals surface area contributed by atoms with E-state index in [2.05, 4.69) is 19.2 Å². The number of halogens is 2. The van der Waals surface area contributed by atoms with Gasteiger partial charge in [-0.2, -0.15) is 0 Å². The molecule has 3 heteroatoms. The molecule has 1 aliphatic carbocycles. The second kappa shape index (κ2) is 7.15. The molecule has 1 N–H and O–H groups in total. The van der Waals surface area contributed by atoms with Crippen LogP contribution in [-0.4, -0.2) is 6.54 Å². The molecule has 0 aliphatic heterocycles. The van der Waals surface area contributed by atoms with Crippen LogP contribution in [0.15, 0.2) is 18.2 Å². The van der Waals surface area contributed by atoms with E-state index in [-0.39, 0.29) is 0 Å². The van der Waals surface area contributed by atoms with E-state index >= 15 is 0 Å². The second-order valence-corrected chi connectivity index (χ2v) is 7.56. The molecule has 1 aromatic rings. The Kier molecular flexibility index (Phi) is 5.77. The summed E-state index contributed by atoms with van der Waals surface area (Å²) in [4.78, 5) is 0. The summed E-state index contributed by atoms with van der Waals surface area (Å²) in [6, 6.07) is 5.76. The minimum atomic E-state index is 0.510. The topological polar surface area (TPSA) is 12.0 Å². The monoisotopic (exact) mass is 313 g/mol. The predicted octanol–water partition coefficient (Wildman–Crippen LogP) is 5.69. The Morgan fingerprint density at radius 3 is 2.25 bits per heavy atom. The Balaban J connectivity index is 1.90. The van der Waals surface area contributed by atoms with Gasteiger partial charge in [0.15, 0.2) is 0 Å². The van der Waals surface area contributed by atoms with E-state index < -0.39 is 0 Å². The third kappa shape index (κ3) is 4.65. The maximum atomic E-state index is 6.04. The number of rotatable bonds is 6. The fourth-order valence-corrected chi connectivity index (χ4v) is 4.20. The summed E-state index contributed by atoms with van der Waals surface area (Å²) in [5.41, 5.74) is 1.68. The Morgan fingerprint density at radius 1 is 1.10 bits per heavy atom. The van der Waals surface area contributed by atoms with Crippen molar-refractivity contribution in [3.63, 3.8) is 0 Å². The Morgan fingerprint density at radius 2 is 1.70 bits per heavy atom. The van der Waals surface area contributed by atoms with Crippen LogP contribution in [0.1, 0.15) is 51.5 Å². The minimum absolute atomic E-state index is 0.510. The van der Waals surface area contributed by atoms with Gasteiger partial charge in [-0.1, -0.05) is 49.9 Å². The lowest BCUT2D eigenvalue weighted by Crippen LogP contribution is -2.33. The summed E-state index contributed by atoms with van der Waals surface area (Å²) >= 11 is 12.1. The quantitative estimate of drug-likeness (QED) is 0.711. The maximum Gasteiger partial charge on any atom is 0.0424 e. The van der Waals surface area contributed by atoms with E-state index in [0.29, 0.717) is 15.5 Å². The Labute approximate surface area is 133 Å². The van der Waals surface area contributed by atoms with Gasteiger partial charge in [0.2, 0.25) is 0 Å². The molecule has 0 saturated heterocycles. The molecular weight excluding hydrogens is 289 g/mol. The van der Waals surface area contributed by atoms with Crippen molar-refractivity contribution in [2.45, 2.75) is 52.5 Å². The molecular formula is C17H25Cl2N. The molecule has 1 aromatic carbocycles. The van der Waals surface area contributed by atoms with Crippen LogP contribution >= 0.6 is 23.2 Å². The largest absolute Gasteiger partial charge is 0.312 e. The Bertz CT molecular complexity index is 416. The molecule has 0 bridgehead atoms. The van der Waals surface area contributed by atoms with Crippen molar-refractivity contribution in [2.75, 3.05) is 6.54 Å². The van der Waals surface area contributed by atoms with Crippen LogP contribution in [0.3, 0.4) is 0 Å². The summed E-state index contributed by atoms with van der Waals surface area (Å²) in [5, 5.41) is 5.06. The van der Waals surface area contributed by atoms with Crippen molar-refractivity contribution >= 4 is 23.2 Å². The number of hydrogen-bond donors (Lipinski definition) is 1. The average molecular weight is 314 g/mol. The van der Waals surface area contributed by atoms with Crippen LogP contribution in [0, 0.1) is 11.3 Å². The summed E-state index contributed by atoms with van der Waals surface area (Å²) < 4.78 is 0. The molecule has 1 nitrogen and oxygen atoms in total. The van der Waals surface area contributed by atoms with Crippen LogP contribution in [0.5, 0.6) is 0 Å². The van der Waals surface area contributed by atoms with Crippen molar-refractivity contribution < 1.29 is 0 Å². The lowest BCUT2D eigenvalue weighted by Gasteiger charge is -2.31. The molecule has 20 heavy (non-hydrogen) atoms. The summed E-state index contributed by atoms with van der Waals surface area (Å²) in [6.07, 6.45) is 6.84. The van der Waals surface area contributed by atoms with Gasteiger partial charge in [-0.3, -0.25) is 0 Å². The van der Waals surface area contributed by atoms with Gasteiger partial charge in [0.05, 0.1) is 0 Å². The van der Waals surface area contributed by atoms with Crippen LogP contribution in [0.2, 0.25) is 10.0 Å². The molecule has 0 amide bonds. The predicted molar refractivity (Wildman–Crippen MR) is 88.5 cm³/mol. The third-order valence-corrected chi connectivity index (χ3v) is 4.69. The van der Waals surface area contributed by atoms with Crippen molar-refractivity contribution in [1.29, 1.82) is 0 Å². The summed E-state index contributed by atoms with van der Waals surface area (Å²) in [7, 11) is 0. The molecule has 1 aliphatic rings. The van der Waals surface area contributed by atoms with Crippen molar-refractivity contribution in [1.82, 2.24) is 5.32 Å². The zero-order chi connectivity index (χ0) is 14.6. The van der Waals surface area contributed by atoms with Gasteiger partial charge < -0.3 is 5.32 Å². The van der Waals surface area contributed by atoms with Crippen LogP contribution < -0.4 is 5.32 Å². The molecule has 0 radical (unpaired) electrons. The SMILES string of the molecule is CC(C)CC1(CNCc2cc(Cl)cc(Cl)c2)CCCC1. The zero-order valence-electron chi connectivity index (χ0n) is 12.5. The molecule has 112 valence electrons. The molecule has 0 heterocycles. The Hall–Kier alpha value is -0.240. The van der Waals surface area contributed by atoms with Crippen LogP contribution in [0.25, 0.3) is 0 Å². The van der Waals surface area contributed by atoms with Gasteiger partial charge in [0.25, 0.3) is 0 Å². The van der Waals surface area contributed by atoms with E-state index in [4.69, 9.17) is 23.2 Å². The van der Waals surface area contributed by atoms with E-state index in [1.54, 1.807) is 6.07 Å². The van der Waals surface area contributed by atoms with Gasteiger partial charge in [0, 0.05) is 23.1 Å². The number of hydrogen-bond acceptors (Lipinski definition) is 1. The number of nitrogens with one attached hydrogen (secondary N) is 1. The van der Waals surface area contributed by atoms with Gasteiger partial charge in [-0.05, 0) is 54.4 Å². The van der Waals surface area contributed by atoms with Crippen molar-refractivity contribution in [3.05, 3.63) is 33.8 Å². The minimum Gasteiger partial charge on any atom is -0.312 e. The van der Waals surface area contributed by atoms with Gasteiger partial charge in [-0.25, -0.2) is 0 Å². The number of benzene rings is 1. The van der Waals surface area contributed by atoms with E-state index in [0.717, 1.165) is 19.0 Å². The standard InChI is InChI=1S/C17H25Cl2N/c1-13(2)10-17(5-3-4-6-17)12-20-11-14-7-15(18)9-16(19)8-14/h7-9,13,20H,3-6,10-12H2,1-2H3. The van der Waals surface area contributed by atoms with Crippen LogP contribution in [-0.2, 0) is 6.54 Å². The van der Waals surface area contributed by atoms with Gasteiger partial charge >= 0.3 is 0 Å². The smallest absolute Gasteiger partial charge is 0.0424 e. The lowest BCUT2D eigenvalue weighted by atomic mass is 9.78. The highest BCUT2D eigenvalue weighted by Crippen LogP contribution is 2.42. The molecule has 0 aromatic heterocycles. The van der Waals surface area contributed by atoms with E-state index in [1.807, 2.05) is 12.1 Å². The van der Waals surface area contributed by atoms with Crippen molar-refractivity contribution in [3.8, 4) is 0 Å². The third-order valence-electron chi connectivity index (χ3n) is 4.26. The molecule has 1 saturated carbocycles. The van der Waals surface area contributed by atoms with Crippen molar-refractivity contribution in [2.24, 2.45) is 11.3 Å². The molecule has 0 unspecified atom stereocenters. The highest BCUT2D eigenvalue weighted by molar-refractivity contribution is 6.34. The average Bonchev–Trinajstić information content (AvgIpc) is 2.75. The van der Waals surface area contributed by atoms with Gasteiger partial charge in [-0.15, -0.1) is 0 Å². The van der Waals surface area contributed by atoms with Crippen LogP contribution in [0.4, 0.5) is 0 Å². The van der Waals surface area contributed by atoms with E-state index in [1.165, 1.54) is 37.7 Å². The highest BCUT2D eigenvalue weighted by Gasteiger charge is 2.33. The first kappa shape index (κ1) is 16.1. The molecule has 1 fully saturated rings. The lowest BCUT2D eigenvalue weighted by molar-refractivity contribution is 0.223. The summed E-state index contributed by atoms with van der Waals surface area (Å²) in [6.45, 7) is 6.61. The normalized spacial score (nSPS) is 17.9. The molecule has 0 spiro atoms. The fraction of sp³-hybridized carbons (Fsp3) is 0.647. The fourth-order valence-electron chi connectivity index (χ4n) is 3.63. The molecule has 0 atom stereocenters. The van der Waals surface area contributed by atoms with Gasteiger partial charge in [0.1, 0.15) is 0 Å². The second-order valence-electron chi connectivity index (χ2n) is 6.69.